The van der Waals surface area contributed by atoms with E-state index >= 15 is 0 Å². The van der Waals surface area contributed by atoms with Crippen LogP contribution in [0.15, 0.2) is 46.1 Å². The highest BCUT2D eigenvalue weighted by Crippen LogP contribution is 2.71. The number of nitrogens with one attached hydrogen (secondary N) is 2. The minimum atomic E-state index is -5.89. The van der Waals surface area contributed by atoms with Crippen LogP contribution in [0.25, 0.3) is 0 Å². The van der Waals surface area contributed by atoms with E-state index in [1.165, 1.54) is 25.3 Å². The zero-order valence-corrected chi connectivity index (χ0v) is 23.2. The molecule has 1 amide bonds. The second-order valence-electron chi connectivity index (χ2n) is 9.12. The third kappa shape index (κ3) is 7.93. The first-order chi connectivity index (χ1) is 19.0. The Bertz CT molecular complexity index is 1320. The Labute approximate surface area is 232 Å². The van der Waals surface area contributed by atoms with Crippen molar-refractivity contribution in [2.45, 2.75) is 49.7 Å². The van der Waals surface area contributed by atoms with Crippen molar-refractivity contribution in [2.24, 2.45) is 0 Å². The number of carbonyl (C=O) groups excluding carboxylic acids is 2. The molecule has 2 aromatic rings. The molecular weight excluding hydrogens is 592 g/mol. The van der Waals surface area contributed by atoms with E-state index in [0.717, 1.165) is 4.57 Å². The Hall–Kier alpha value is -2.82. The molecule has 2 heterocycles. The van der Waals surface area contributed by atoms with Crippen LogP contribution in [0.5, 0.6) is 0 Å². The van der Waals surface area contributed by atoms with Crippen LogP contribution in [0, 0.1) is 6.92 Å². The van der Waals surface area contributed by atoms with E-state index in [1.54, 1.807) is 18.2 Å². The number of hydrogen-bond donors (Lipinski definition) is 6. The van der Waals surface area contributed by atoms with Crippen LogP contribution in [-0.2, 0) is 14.2 Å². The molecule has 41 heavy (non-hydrogen) atoms. The summed E-state index contributed by atoms with van der Waals surface area (Å²) in [6.45, 7) is 0.553. The van der Waals surface area contributed by atoms with Gasteiger partial charge in [-0.2, -0.15) is 0 Å². The lowest BCUT2D eigenvalue weighted by Gasteiger charge is -2.43. The molecule has 0 aliphatic carbocycles. The first-order valence-corrected chi connectivity index (χ1v) is 15.2. The van der Waals surface area contributed by atoms with Gasteiger partial charge in [-0.1, -0.05) is 18.2 Å². The quantitative estimate of drug-likeness (QED) is 0.0835. The van der Waals surface area contributed by atoms with E-state index in [2.05, 4.69) is 10.3 Å². The van der Waals surface area contributed by atoms with Gasteiger partial charge in [0.25, 0.3) is 5.56 Å². The molecule has 1 aromatic carbocycles. The minimum absolute atomic E-state index is 0.0447. The van der Waals surface area contributed by atoms with Gasteiger partial charge in [-0.25, -0.2) is 24.2 Å². The monoisotopic (exact) mass is 620 g/mol. The summed E-state index contributed by atoms with van der Waals surface area (Å²) in [5, 5.41) is 8.26. The van der Waals surface area contributed by atoms with Gasteiger partial charge in [0.15, 0.2) is 0 Å². The highest BCUT2D eigenvalue weighted by atomic mass is 31.3. The summed E-state index contributed by atoms with van der Waals surface area (Å²) in [6.07, 6.45) is -4.54. The fraction of sp³-hybridized carbons (Fsp3) is 0.455. The molecule has 1 aliphatic rings. The fourth-order valence-electron chi connectivity index (χ4n) is 3.90. The molecule has 1 fully saturated rings. The number of amides is 1. The van der Waals surface area contributed by atoms with E-state index in [9.17, 15) is 39.0 Å². The Balaban J connectivity index is 1.63. The van der Waals surface area contributed by atoms with Crippen LogP contribution in [0.4, 0.5) is 4.79 Å². The van der Waals surface area contributed by atoms with E-state index in [4.69, 9.17) is 28.9 Å². The molecule has 0 radical (unpaired) electrons. The third-order valence-electron chi connectivity index (χ3n) is 6.16. The Morgan fingerprint density at radius 2 is 1.85 bits per heavy atom. The maximum absolute atomic E-state index is 12.6. The summed E-state index contributed by atoms with van der Waals surface area (Å²) in [5.74, 6) is -0.712. The Morgan fingerprint density at radius 1 is 1.20 bits per heavy atom. The van der Waals surface area contributed by atoms with Crippen LogP contribution < -0.4 is 31.2 Å². The van der Waals surface area contributed by atoms with Gasteiger partial charge in [-0.3, -0.25) is 19.2 Å². The van der Waals surface area contributed by atoms with Crippen LogP contribution in [0.1, 0.15) is 41.4 Å². The second-order valence-corrected chi connectivity index (χ2v) is 13.1. The molecule has 3 rings (SSSR count). The van der Waals surface area contributed by atoms with Gasteiger partial charge < -0.3 is 39.3 Å². The van der Waals surface area contributed by atoms with Gasteiger partial charge >= 0.3 is 30.8 Å². The highest BCUT2D eigenvalue weighted by Gasteiger charge is 2.61. The molecule has 226 valence electrons. The predicted octanol–water partition coefficient (Wildman–Crippen LogP) is -2.91. The largest absolute Gasteiger partial charge is 0.654 e. The number of alkyl carbamates (subject to hydrolysis) is 1. The standard InChI is InChI=1S/C22H29N3O14P2/c1-13-11-25(20(28)24-18(13)26)17-10-15(39-19(27)14-6-3-2-4-7-14)16(38-17)12-37-21(29)23-9-5-8-22(30,40(31,32)33)41(34,35)36/h2-4,6-7,11,15-17,30H,5,8-10,12H2,1H3,(H,23,29)(H,24,26,28)(H2,31,32,33)(H2,34,35,36)/p-1/t15-,16+,17+/m0/s1. The third-order valence-corrected chi connectivity index (χ3v) is 9.99. The summed E-state index contributed by atoms with van der Waals surface area (Å²) in [7, 11) is -11.6. The number of carbonyl (C=O) groups is 2. The van der Waals surface area contributed by atoms with Crippen LogP contribution in [0.2, 0.25) is 0 Å². The summed E-state index contributed by atoms with van der Waals surface area (Å²) in [5.41, 5.74) is -0.931. The first-order valence-electron chi connectivity index (χ1n) is 12.0. The molecule has 6 N–H and O–H groups in total. The van der Waals surface area contributed by atoms with Crippen LogP contribution >= 0.6 is 15.9 Å². The number of H-pyrrole nitrogens is 1. The number of rotatable bonds is 11. The Morgan fingerprint density at radius 3 is 2.46 bits per heavy atom. The molecule has 19 heteroatoms. The number of esters is 1. The molecular formula is C22H28N3O14P2-. The lowest BCUT2D eigenvalue weighted by molar-refractivity contribution is -0.347. The van der Waals surface area contributed by atoms with Crippen LogP contribution in [-0.4, -0.2) is 71.8 Å². The highest BCUT2D eigenvalue weighted by molar-refractivity contribution is 7.76. The molecule has 17 nitrogen and oxygen atoms in total. The van der Waals surface area contributed by atoms with Crippen molar-refractivity contribution in [2.75, 3.05) is 13.2 Å². The van der Waals surface area contributed by atoms with Gasteiger partial charge in [0.05, 0.1) is 12.0 Å². The van der Waals surface area contributed by atoms with Crippen molar-refractivity contribution in [1.29, 1.82) is 0 Å². The van der Waals surface area contributed by atoms with Crippen LogP contribution in [0.3, 0.4) is 0 Å². The maximum Gasteiger partial charge on any atom is 0.407 e. The molecule has 4 atom stereocenters. The van der Waals surface area contributed by atoms with Gasteiger partial charge in [0.2, 0.25) is 0 Å². The van der Waals surface area contributed by atoms with E-state index < -0.39 is 88.7 Å². The molecule has 1 aromatic heterocycles. The van der Waals surface area contributed by atoms with Crippen molar-refractivity contribution in [3.8, 4) is 0 Å². The van der Waals surface area contributed by atoms with Crippen molar-refractivity contribution in [3.63, 3.8) is 0 Å². The van der Waals surface area contributed by atoms with Crippen molar-refractivity contribution < 1.29 is 58.3 Å². The molecule has 0 saturated carbocycles. The SMILES string of the molecule is Cc1cn([C@H]2C[C@H](OC(=O)c3ccccc3)[C@@H](COC(=O)NCCCC(O)([P+]([O-])([O-])O)[P+]([O-])(O)O)O2)c(=O)[nH]c1=O. The number of aryl methyl sites for hydroxylation is 1. The summed E-state index contributed by atoms with van der Waals surface area (Å²) >= 11 is 0. The number of aliphatic hydroxyl groups is 1. The summed E-state index contributed by atoms with van der Waals surface area (Å²) in [4.78, 5) is 112. The average Bonchev–Trinajstić information content (AvgIpc) is 3.28. The molecule has 0 bridgehead atoms. The van der Waals surface area contributed by atoms with E-state index in [1.807, 2.05) is 0 Å². The van der Waals surface area contributed by atoms with Crippen molar-refractivity contribution in [3.05, 3.63) is 68.5 Å². The smallest absolute Gasteiger partial charge is 0.407 e. The molecule has 1 unspecified atom stereocenters. The summed E-state index contributed by atoms with van der Waals surface area (Å²) < 4.78 is 17.5. The van der Waals surface area contributed by atoms with Gasteiger partial charge in [-0.05, 0) is 25.5 Å². The number of benzene rings is 1. The zero-order chi connectivity index (χ0) is 30.6. The second kappa shape index (κ2) is 13.0. The Kier molecular flexibility index (Phi) is 10.4. The fourth-order valence-corrected chi connectivity index (χ4v) is 6.11. The number of aromatic amines is 1. The van der Waals surface area contributed by atoms with Gasteiger partial charge in [0, 0.05) is 24.7 Å². The number of ether oxygens (including phenoxy) is 3. The van der Waals surface area contributed by atoms with E-state index in [-0.39, 0.29) is 17.5 Å². The average molecular weight is 620 g/mol. The number of hydrogen-bond acceptors (Lipinski definition) is 14. The zero-order valence-electron chi connectivity index (χ0n) is 21.4. The number of aromatic nitrogens is 2. The minimum Gasteiger partial charge on any atom is -0.654 e. The molecule has 1 saturated heterocycles. The predicted molar refractivity (Wildman–Crippen MR) is 134 cm³/mol. The summed E-state index contributed by atoms with van der Waals surface area (Å²) in [6, 6.07) is 7.97. The number of nitrogens with zero attached hydrogens (tertiary/aromatic N) is 1. The maximum atomic E-state index is 12.6. The van der Waals surface area contributed by atoms with Crippen molar-refractivity contribution in [1.82, 2.24) is 14.9 Å². The lowest BCUT2D eigenvalue weighted by Crippen LogP contribution is -2.48. The first kappa shape index (κ1) is 32.7. The lowest BCUT2D eigenvalue weighted by atomic mass is 10.1. The van der Waals surface area contributed by atoms with Gasteiger partial charge in [0.1, 0.15) is 33.0 Å². The van der Waals surface area contributed by atoms with Crippen molar-refractivity contribution >= 4 is 27.9 Å². The molecule has 1 aliphatic heterocycles. The van der Waals surface area contributed by atoms with E-state index in [0.29, 0.717) is 0 Å². The van der Waals surface area contributed by atoms with Gasteiger partial charge in [-0.15, -0.1) is 0 Å². The topological polar surface area (TPSA) is 279 Å². The molecule has 0 spiro atoms. The normalized spacial score (nSPS) is 20.7.